The molecule has 2 aromatic carbocycles. The van der Waals surface area contributed by atoms with Gasteiger partial charge in [-0.3, -0.25) is 14.4 Å². The minimum atomic E-state index is -0.712. The number of esters is 1. The van der Waals surface area contributed by atoms with Gasteiger partial charge in [0.15, 0.2) is 6.61 Å². The summed E-state index contributed by atoms with van der Waals surface area (Å²) < 4.78 is 5.15. The Morgan fingerprint density at radius 2 is 1.93 bits per heavy atom. The lowest BCUT2D eigenvalue weighted by atomic mass is 9.91. The van der Waals surface area contributed by atoms with Gasteiger partial charge in [0.05, 0.1) is 12.0 Å². The van der Waals surface area contributed by atoms with Gasteiger partial charge >= 0.3 is 5.97 Å². The molecule has 6 nitrogen and oxygen atoms in total. The SMILES string of the molecule is CC(NC(=O)COC(=O)C1CC(=O)Nc2ccccc21)c1ccc(Cl)cc1. The molecule has 2 unspecified atom stereocenters. The van der Waals surface area contributed by atoms with Crippen molar-refractivity contribution in [2.75, 3.05) is 11.9 Å². The van der Waals surface area contributed by atoms with Crippen molar-refractivity contribution < 1.29 is 19.1 Å². The molecule has 7 heteroatoms. The number of halogens is 1. The van der Waals surface area contributed by atoms with Crippen molar-refractivity contribution in [3.63, 3.8) is 0 Å². The Morgan fingerprint density at radius 1 is 1.22 bits per heavy atom. The fourth-order valence-corrected chi connectivity index (χ4v) is 3.10. The Balaban J connectivity index is 1.57. The Morgan fingerprint density at radius 3 is 2.67 bits per heavy atom. The number of nitrogens with one attached hydrogen (secondary N) is 2. The maximum atomic E-state index is 12.4. The number of hydrogen-bond acceptors (Lipinski definition) is 4. The summed E-state index contributed by atoms with van der Waals surface area (Å²) in [4.78, 5) is 36.3. The first-order valence-corrected chi connectivity index (χ1v) is 8.92. The first-order chi connectivity index (χ1) is 12.9. The molecule has 1 heterocycles. The summed E-state index contributed by atoms with van der Waals surface area (Å²) in [7, 11) is 0. The Bertz CT molecular complexity index is 867. The lowest BCUT2D eigenvalue weighted by Crippen LogP contribution is -2.33. The van der Waals surface area contributed by atoms with Gasteiger partial charge < -0.3 is 15.4 Å². The summed E-state index contributed by atoms with van der Waals surface area (Å²) in [5.74, 6) is -1.97. The van der Waals surface area contributed by atoms with Crippen molar-refractivity contribution in [1.82, 2.24) is 5.32 Å². The van der Waals surface area contributed by atoms with Crippen LogP contribution in [0, 0.1) is 0 Å². The van der Waals surface area contributed by atoms with Gasteiger partial charge in [0.1, 0.15) is 0 Å². The Kier molecular flexibility index (Phi) is 5.76. The fraction of sp³-hybridized carbons (Fsp3) is 0.250. The topological polar surface area (TPSA) is 84.5 Å². The zero-order chi connectivity index (χ0) is 19.4. The number of amides is 2. The average molecular weight is 387 g/mol. The smallest absolute Gasteiger partial charge is 0.314 e. The minimum absolute atomic E-state index is 0.00135. The molecule has 0 saturated carbocycles. The van der Waals surface area contributed by atoms with Crippen LogP contribution in [0.5, 0.6) is 0 Å². The molecule has 2 N–H and O–H groups in total. The molecule has 1 aliphatic rings. The lowest BCUT2D eigenvalue weighted by molar-refractivity contribution is -0.151. The molecule has 2 atom stereocenters. The van der Waals surface area contributed by atoms with Crippen LogP contribution in [0.2, 0.25) is 5.02 Å². The number of carbonyl (C=O) groups is 3. The van der Waals surface area contributed by atoms with Crippen LogP contribution < -0.4 is 10.6 Å². The molecule has 0 spiro atoms. The number of ether oxygens (including phenoxy) is 1. The van der Waals surface area contributed by atoms with Crippen molar-refractivity contribution >= 4 is 35.1 Å². The number of benzene rings is 2. The first-order valence-electron chi connectivity index (χ1n) is 8.54. The van der Waals surface area contributed by atoms with Crippen LogP contribution in [0.25, 0.3) is 0 Å². The van der Waals surface area contributed by atoms with E-state index < -0.39 is 24.4 Å². The highest BCUT2D eigenvalue weighted by Gasteiger charge is 2.32. The summed E-state index contributed by atoms with van der Waals surface area (Å²) in [6, 6.07) is 13.9. The van der Waals surface area contributed by atoms with Crippen LogP contribution in [0.4, 0.5) is 5.69 Å². The number of rotatable bonds is 5. The van der Waals surface area contributed by atoms with Gasteiger partial charge in [0.2, 0.25) is 5.91 Å². The molecule has 0 radical (unpaired) electrons. The van der Waals surface area contributed by atoms with E-state index in [0.717, 1.165) is 5.56 Å². The summed E-state index contributed by atoms with van der Waals surface area (Å²) in [6.07, 6.45) is -0.00135. The Hall–Kier alpha value is -2.86. The zero-order valence-electron chi connectivity index (χ0n) is 14.7. The van der Waals surface area contributed by atoms with E-state index in [-0.39, 0.29) is 18.4 Å². The van der Waals surface area contributed by atoms with Crippen LogP contribution in [-0.2, 0) is 19.1 Å². The van der Waals surface area contributed by atoms with Gasteiger partial charge in [-0.1, -0.05) is 41.9 Å². The third-order valence-corrected chi connectivity index (χ3v) is 4.63. The van der Waals surface area contributed by atoms with Crippen LogP contribution >= 0.6 is 11.6 Å². The van der Waals surface area contributed by atoms with Crippen LogP contribution in [-0.4, -0.2) is 24.4 Å². The monoisotopic (exact) mass is 386 g/mol. The number of anilines is 1. The zero-order valence-corrected chi connectivity index (χ0v) is 15.5. The highest BCUT2D eigenvalue weighted by Crippen LogP contribution is 2.32. The molecule has 0 aromatic heterocycles. The molecule has 0 bridgehead atoms. The van der Waals surface area contributed by atoms with Gasteiger partial charge in [-0.2, -0.15) is 0 Å². The molecule has 2 aromatic rings. The summed E-state index contributed by atoms with van der Waals surface area (Å²) in [5.41, 5.74) is 2.17. The van der Waals surface area contributed by atoms with Crippen molar-refractivity contribution in [2.24, 2.45) is 0 Å². The van der Waals surface area contributed by atoms with E-state index in [0.29, 0.717) is 16.3 Å². The molecule has 3 rings (SSSR count). The van der Waals surface area contributed by atoms with Gasteiger partial charge in [-0.25, -0.2) is 0 Å². The number of carbonyl (C=O) groups excluding carboxylic acids is 3. The lowest BCUT2D eigenvalue weighted by Gasteiger charge is -2.24. The van der Waals surface area contributed by atoms with Crippen molar-refractivity contribution in [3.8, 4) is 0 Å². The van der Waals surface area contributed by atoms with Gasteiger partial charge in [-0.05, 0) is 36.2 Å². The summed E-state index contributed by atoms with van der Waals surface area (Å²) >= 11 is 5.85. The van der Waals surface area contributed by atoms with Gasteiger partial charge in [-0.15, -0.1) is 0 Å². The molecule has 0 aliphatic carbocycles. The highest BCUT2D eigenvalue weighted by molar-refractivity contribution is 6.30. The number of fused-ring (bicyclic) bond motifs is 1. The van der Waals surface area contributed by atoms with Gasteiger partial charge in [0, 0.05) is 17.1 Å². The van der Waals surface area contributed by atoms with E-state index in [9.17, 15) is 14.4 Å². The Labute approximate surface area is 161 Å². The largest absolute Gasteiger partial charge is 0.455 e. The molecule has 1 aliphatic heterocycles. The van der Waals surface area contributed by atoms with E-state index in [1.54, 1.807) is 36.4 Å². The van der Waals surface area contributed by atoms with E-state index in [1.165, 1.54) is 0 Å². The maximum absolute atomic E-state index is 12.4. The summed E-state index contributed by atoms with van der Waals surface area (Å²) in [6.45, 7) is 1.42. The first kappa shape index (κ1) is 18.9. The van der Waals surface area contributed by atoms with Crippen molar-refractivity contribution in [2.45, 2.75) is 25.3 Å². The van der Waals surface area contributed by atoms with Gasteiger partial charge in [0.25, 0.3) is 5.91 Å². The maximum Gasteiger partial charge on any atom is 0.314 e. The molecular formula is C20H19ClN2O4. The molecular weight excluding hydrogens is 368 g/mol. The van der Waals surface area contributed by atoms with E-state index >= 15 is 0 Å². The predicted octanol–water partition coefficient (Wildman–Crippen LogP) is 3.19. The highest BCUT2D eigenvalue weighted by atomic mass is 35.5. The molecule has 0 fully saturated rings. The second-order valence-electron chi connectivity index (χ2n) is 6.34. The summed E-state index contributed by atoms with van der Waals surface area (Å²) in [5, 5.41) is 6.10. The normalized spacial score (nSPS) is 16.7. The standard InChI is InChI=1S/C20H19ClN2O4/c1-12(13-6-8-14(21)9-7-13)22-19(25)11-27-20(26)16-10-18(24)23-17-5-3-2-4-15(16)17/h2-9,12,16H,10-11H2,1H3,(H,22,25)(H,23,24). The van der Waals surface area contributed by atoms with E-state index in [1.807, 2.05) is 19.1 Å². The van der Waals surface area contributed by atoms with Crippen LogP contribution in [0.3, 0.4) is 0 Å². The second-order valence-corrected chi connectivity index (χ2v) is 6.78. The quantitative estimate of drug-likeness (QED) is 0.773. The second kappa shape index (κ2) is 8.22. The predicted molar refractivity (Wildman–Crippen MR) is 101 cm³/mol. The fourth-order valence-electron chi connectivity index (χ4n) is 2.98. The molecule has 140 valence electrons. The van der Waals surface area contributed by atoms with E-state index in [4.69, 9.17) is 16.3 Å². The number of para-hydroxylation sites is 1. The minimum Gasteiger partial charge on any atom is -0.455 e. The molecule has 0 saturated heterocycles. The third kappa shape index (κ3) is 4.65. The number of hydrogen-bond donors (Lipinski definition) is 2. The average Bonchev–Trinajstić information content (AvgIpc) is 2.65. The third-order valence-electron chi connectivity index (χ3n) is 4.38. The van der Waals surface area contributed by atoms with Crippen molar-refractivity contribution in [3.05, 3.63) is 64.7 Å². The van der Waals surface area contributed by atoms with E-state index in [2.05, 4.69) is 10.6 Å². The van der Waals surface area contributed by atoms with Crippen LogP contribution in [0.15, 0.2) is 48.5 Å². The van der Waals surface area contributed by atoms with Crippen molar-refractivity contribution in [1.29, 1.82) is 0 Å². The molecule has 27 heavy (non-hydrogen) atoms. The molecule has 2 amide bonds. The van der Waals surface area contributed by atoms with Crippen LogP contribution in [0.1, 0.15) is 36.4 Å².